The third-order valence-corrected chi connectivity index (χ3v) is 2.82. The Bertz CT molecular complexity index is 331. The maximum atomic E-state index is 6.05. The van der Waals surface area contributed by atoms with Gasteiger partial charge in [-0.1, -0.05) is 11.6 Å². The van der Waals surface area contributed by atoms with Crippen LogP contribution in [-0.2, 0) is 7.05 Å². The van der Waals surface area contributed by atoms with E-state index in [0.29, 0.717) is 5.15 Å². The molecule has 1 saturated heterocycles. The van der Waals surface area contributed by atoms with Crippen molar-refractivity contribution in [2.24, 2.45) is 7.05 Å². The Morgan fingerprint density at radius 3 is 2.93 bits per heavy atom. The first-order chi connectivity index (χ1) is 6.68. The quantitative estimate of drug-likeness (QED) is 0.804. The van der Waals surface area contributed by atoms with E-state index < -0.39 is 0 Å². The van der Waals surface area contributed by atoms with Gasteiger partial charge in [0.15, 0.2) is 10.9 Å². The van der Waals surface area contributed by atoms with Crippen LogP contribution in [-0.4, -0.2) is 29.0 Å². The van der Waals surface area contributed by atoms with Crippen LogP contribution in [0.25, 0.3) is 0 Å². The summed E-state index contributed by atoms with van der Waals surface area (Å²) in [4.78, 5) is 0. The number of ether oxygens (including phenoxy) is 1. The average molecular weight is 216 g/mol. The molecule has 1 unspecified atom stereocenters. The van der Waals surface area contributed by atoms with Gasteiger partial charge in [0.2, 0.25) is 0 Å². The summed E-state index contributed by atoms with van der Waals surface area (Å²) in [6.07, 6.45) is 1.26. The summed E-state index contributed by atoms with van der Waals surface area (Å²) in [5, 5.41) is 8.01. The van der Waals surface area contributed by atoms with Crippen molar-refractivity contribution in [1.82, 2.24) is 15.1 Å². The molecule has 1 atom stereocenters. The van der Waals surface area contributed by atoms with Crippen LogP contribution in [0.3, 0.4) is 0 Å². The van der Waals surface area contributed by atoms with Gasteiger partial charge in [-0.05, 0) is 19.9 Å². The van der Waals surface area contributed by atoms with E-state index in [2.05, 4.69) is 10.4 Å². The van der Waals surface area contributed by atoms with Crippen molar-refractivity contribution >= 4 is 11.6 Å². The highest BCUT2D eigenvalue weighted by Crippen LogP contribution is 2.28. The molecule has 1 fully saturated rings. The summed E-state index contributed by atoms with van der Waals surface area (Å²) in [5.74, 6) is 0.725. The molecule has 1 aromatic heterocycles. The van der Waals surface area contributed by atoms with Gasteiger partial charge < -0.3 is 10.1 Å². The number of nitrogens with one attached hydrogen (secondary N) is 1. The van der Waals surface area contributed by atoms with Crippen LogP contribution in [0.2, 0.25) is 5.15 Å². The van der Waals surface area contributed by atoms with Crippen molar-refractivity contribution in [1.29, 1.82) is 0 Å². The lowest BCUT2D eigenvalue weighted by Crippen LogP contribution is -2.19. The minimum absolute atomic E-state index is 0.232. The van der Waals surface area contributed by atoms with Crippen molar-refractivity contribution in [3.63, 3.8) is 0 Å². The SMILES string of the molecule is Cc1nn(C)c(Cl)c1OC1CCNC1. The molecule has 0 spiro atoms. The van der Waals surface area contributed by atoms with E-state index in [0.717, 1.165) is 31.0 Å². The zero-order chi connectivity index (χ0) is 10.1. The van der Waals surface area contributed by atoms with Gasteiger partial charge in [0.1, 0.15) is 11.8 Å². The molecule has 0 amide bonds. The van der Waals surface area contributed by atoms with Crippen LogP contribution >= 0.6 is 11.6 Å². The van der Waals surface area contributed by atoms with E-state index >= 15 is 0 Å². The van der Waals surface area contributed by atoms with Crippen LogP contribution in [0.5, 0.6) is 5.75 Å². The van der Waals surface area contributed by atoms with E-state index in [1.54, 1.807) is 4.68 Å². The summed E-state index contributed by atoms with van der Waals surface area (Å²) in [6.45, 7) is 3.82. The summed E-state index contributed by atoms with van der Waals surface area (Å²) in [7, 11) is 1.81. The third-order valence-electron chi connectivity index (χ3n) is 2.40. The van der Waals surface area contributed by atoms with Gasteiger partial charge in [0.25, 0.3) is 0 Å². The number of aromatic nitrogens is 2. The summed E-state index contributed by atoms with van der Waals surface area (Å²) < 4.78 is 7.41. The van der Waals surface area contributed by atoms with E-state index in [1.807, 2.05) is 14.0 Å². The Balaban J connectivity index is 2.14. The third kappa shape index (κ3) is 1.72. The molecular weight excluding hydrogens is 202 g/mol. The minimum Gasteiger partial charge on any atom is -0.484 e. The Kier molecular flexibility index (Phi) is 2.65. The Labute approximate surface area is 88.2 Å². The molecular formula is C9H14ClN3O. The van der Waals surface area contributed by atoms with Gasteiger partial charge in [-0.25, -0.2) is 0 Å². The Morgan fingerprint density at radius 2 is 2.43 bits per heavy atom. The first-order valence-electron chi connectivity index (χ1n) is 4.75. The first kappa shape index (κ1) is 9.80. The molecule has 1 aromatic rings. The number of hydrogen-bond acceptors (Lipinski definition) is 3. The van der Waals surface area contributed by atoms with Gasteiger partial charge in [0.05, 0.1) is 0 Å². The molecule has 2 rings (SSSR count). The Morgan fingerprint density at radius 1 is 1.64 bits per heavy atom. The Hall–Kier alpha value is -0.740. The monoisotopic (exact) mass is 215 g/mol. The highest BCUT2D eigenvalue weighted by molar-refractivity contribution is 6.31. The zero-order valence-corrected chi connectivity index (χ0v) is 9.14. The normalized spacial score (nSPS) is 21.5. The molecule has 2 heterocycles. The van der Waals surface area contributed by atoms with E-state index in [4.69, 9.17) is 16.3 Å². The van der Waals surface area contributed by atoms with Crippen molar-refractivity contribution in [3.8, 4) is 5.75 Å². The fourth-order valence-electron chi connectivity index (χ4n) is 1.64. The predicted octanol–water partition coefficient (Wildman–Crippen LogP) is 1.12. The fourth-order valence-corrected chi connectivity index (χ4v) is 1.86. The van der Waals surface area contributed by atoms with Crippen LogP contribution in [0.4, 0.5) is 0 Å². The molecule has 0 saturated carbocycles. The lowest BCUT2D eigenvalue weighted by Gasteiger charge is -2.11. The van der Waals surface area contributed by atoms with Crippen molar-refractivity contribution in [2.45, 2.75) is 19.4 Å². The molecule has 1 N–H and O–H groups in total. The number of hydrogen-bond donors (Lipinski definition) is 1. The van der Waals surface area contributed by atoms with Crippen LogP contribution in [0.15, 0.2) is 0 Å². The molecule has 0 bridgehead atoms. The molecule has 0 radical (unpaired) electrons. The van der Waals surface area contributed by atoms with Gasteiger partial charge in [-0.2, -0.15) is 5.10 Å². The standard InChI is InChI=1S/C9H14ClN3O/c1-6-8(9(10)13(2)12-6)14-7-3-4-11-5-7/h7,11H,3-5H2,1-2H3. The van der Waals surface area contributed by atoms with Crippen molar-refractivity contribution < 1.29 is 4.74 Å². The molecule has 78 valence electrons. The minimum atomic E-state index is 0.232. The van der Waals surface area contributed by atoms with E-state index in [9.17, 15) is 0 Å². The molecule has 5 heteroatoms. The summed E-state index contributed by atoms with van der Waals surface area (Å²) in [5.41, 5.74) is 0.851. The maximum Gasteiger partial charge on any atom is 0.179 e. The number of halogens is 1. The fraction of sp³-hybridized carbons (Fsp3) is 0.667. The lowest BCUT2D eigenvalue weighted by molar-refractivity contribution is 0.221. The predicted molar refractivity (Wildman–Crippen MR) is 54.9 cm³/mol. The zero-order valence-electron chi connectivity index (χ0n) is 8.38. The smallest absolute Gasteiger partial charge is 0.179 e. The van der Waals surface area contributed by atoms with E-state index in [1.165, 1.54) is 0 Å². The highest BCUT2D eigenvalue weighted by atomic mass is 35.5. The lowest BCUT2D eigenvalue weighted by atomic mass is 10.3. The van der Waals surface area contributed by atoms with Gasteiger partial charge in [-0.3, -0.25) is 4.68 Å². The molecule has 1 aliphatic rings. The molecule has 14 heavy (non-hydrogen) atoms. The second kappa shape index (κ2) is 3.79. The highest BCUT2D eigenvalue weighted by Gasteiger charge is 2.20. The van der Waals surface area contributed by atoms with E-state index in [-0.39, 0.29) is 6.10 Å². The van der Waals surface area contributed by atoms with Crippen LogP contribution in [0.1, 0.15) is 12.1 Å². The van der Waals surface area contributed by atoms with Gasteiger partial charge in [-0.15, -0.1) is 0 Å². The first-order valence-corrected chi connectivity index (χ1v) is 5.12. The molecule has 0 aromatic carbocycles. The molecule has 4 nitrogen and oxygen atoms in total. The van der Waals surface area contributed by atoms with Gasteiger partial charge >= 0.3 is 0 Å². The average Bonchev–Trinajstić information content (AvgIpc) is 2.71. The van der Waals surface area contributed by atoms with Crippen molar-refractivity contribution in [2.75, 3.05) is 13.1 Å². The largest absolute Gasteiger partial charge is 0.484 e. The summed E-state index contributed by atoms with van der Waals surface area (Å²) >= 11 is 6.05. The number of aryl methyl sites for hydroxylation is 2. The second-order valence-corrected chi connectivity index (χ2v) is 3.92. The number of rotatable bonds is 2. The maximum absolute atomic E-state index is 6.05. The van der Waals surface area contributed by atoms with Crippen LogP contribution in [0, 0.1) is 6.92 Å². The van der Waals surface area contributed by atoms with Crippen molar-refractivity contribution in [3.05, 3.63) is 10.8 Å². The molecule has 0 aliphatic carbocycles. The van der Waals surface area contributed by atoms with Gasteiger partial charge in [0, 0.05) is 13.6 Å². The number of nitrogens with zero attached hydrogens (tertiary/aromatic N) is 2. The summed E-state index contributed by atoms with van der Waals surface area (Å²) in [6, 6.07) is 0. The van der Waals surface area contributed by atoms with Crippen LogP contribution < -0.4 is 10.1 Å². The molecule has 1 aliphatic heterocycles. The topological polar surface area (TPSA) is 39.1 Å². The second-order valence-electron chi connectivity index (χ2n) is 3.56.